The van der Waals surface area contributed by atoms with Crippen LogP contribution in [-0.2, 0) is 13.6 Å². The highest BCUT2D eigenvalue weighted by molar-refractivity contribution is 6.04. The summed E-state index contributed by atoms with van der Waals surface area (Å²) in [6, 6.07) is 19.5. The standard InChI is InChI=1S/C33H23F2N9O4/c1-42-31(47)22-16-37-32(40-28(22)44(42)26-7-2-3-14-36-26)39-20-11-9-19(10-12-20)38-29(45)21-15-18(8-13-23(21)34)17-43-25-6-4-5-24(35)27(25)30(46)41-33(43)48/h2-16H,17H2,1H3,(H,38,45)(H,37,39,40)(H,41,46,48). The molecule has 1 amide bonds. The number of H-pyrrole nitrogens is 1. The summed E-state index contributed by atoms with van der Waals surface area (Å²) in [5.74, 6) is -1.61. The van der Waals surface area contributed by atoms with E-state index in [4.69, 9.17) is 0 Å². The van der Waals surface area contributed by atoms with Crippen LogP contribution >= 0.6 is 0 Å². The molecule has 48 heavy (non-hydrogen) atoms. The molecule has 4 heterocycles. The van der Waals surface area contributed by atoms with Crippen molar-refractivity contribution in [2.75, 3.05) is 10.6 Å². The van der Waals surface area contributed by atoms with Crippen LogP contribution in [0.2, 0.25) is 0 Å². The lowest BCUT2D eigenvalue weighted by molar-refractivity contribution is 0.102. The summed E-state index contributed by atoms with van der Waals surface area (Å²) >= 11 is 0. The van der Waals surface area contributed by atoms with Gasteiger partial charge in [-0.3, -0.25) is 23.9 Å². The highest BCUT2D eigenvalue weighted by atomic mass is 19.1. The van der Waals surface area contributed by atoms with Gasteiger partial charge in [0, 0.05) is 30.8 Å². The van der Waals surface area contributed by atoms with E-state index >= 15 is 0 Å². The van der Waals surface area contributed by atoms with Gasteiger partial charge in [-0.2, -0.15) is 4.98 Å². The molecular formula is C33H23F2N9O4. The number of anilines is 3. The summed E-state index contributed by atoms with van der Waals surface area (Å²) in [5.41, 5.74) is -0.494. The molecule has 7 aromatic rings. The molecule has 3 N–H and O–H groups in total. The number of hydrogen-bond acceptors (Lipinski definition) is 8. The summed E-state index contributed by atoms with van der Waals surface area (Å²) < 4.78 is 33.3. The average Bonchev–Trinajstić information content (AvgIpc) is 3.33. The normalized spacial score (nSPS) is 11.2. The first kappa shape index (κ1) is 29.9. The quantitative estimate of drug-likeness (QED) is 0.235. The number of hydrogen-bond donors (Lipinski definition) is 3. The Kier molecular flexibility index (Phi) is 7.40. The van der Waals surface area contributed by atoms with Gasteiger partial charge in [-0.1, -0.05) is 18.2 Å². The number of nitrogens with one attached hydrogen (secondary N) is 3. The van der Waals surface area contributed by atoms with Crippen LogP contribution in [0.4, 0.5) is 26.1 Å². The van der Waals surface area contributed by atoms with E-state index in [9.17, 15) is 28.0 Å². The van der Waals surface area contributed by atoms with Gasteiger partial charge in [-0.15, -0.1) is 0 Å². The number of fused-ring (bicyclic) bond motifs is 2. The van der Waals surface area contributed by atoms with Crippen LogP contribution < -0.4 is 27.4 Å². The molecule has 4 aromatic heterocycles. The van der Waals surface area contributed by atoms with E-state index in [0.717, 1.165) is 16.7 Å². The SMILES string of the molecule is Cn1c(=O)c2cnc(Nc3ccc(NC(=O)c4cc(Cn5c(=O)[nH]c(=O)c6c(F)cccc65)ccc4F)cc3)nc2n1-c1ccccn1. The summed E-state index contributed by atoms with van der Waals surface area (Å²) in [7, 11) is 1.61. The molecule has 3 aromatic carbocycles. The van der Waals surface area contributed by atoms with Gasteiger partial charge >= 0.3 is 5.69 Å². The zero-order valence-corrected chi connectivity index (χ0v) is 24.9. The van der Waals surface area contributed by atoms with Gasteiger partial charge in [0.25, 0.3) is 17.0 Å². The highest BCUT2D eigenvalue weighted by Gasteiger charge is 2.18. The molecular weight excluding hydrogens is 624 g/mol. The van der Waals surface area contributed by atoms with Crippen molar-refractivity contribution in [3.8, 4) is 5.82 Å². The highest BCUT2D eigenvalue weighted by Crippen LogP contribution is 2.21. The topological polar surface area (TPSA) is 162 Å². The van der Waals surface area contributed by atoms with Crippen molar-refractivity contribution in [3.05, 3.63) is 145 Å². The number of nitrogens with zero attached hydrogens (tertiary/aromatic N) is 6. The Morgan fingerprint density at radius 1 is 0.896 bits per heavy atom. The van der Waals surface area contributed by atoms with Crippen LogP contribution in [0.15, 0.2) is 106 Å². The summed E-state index contributed by atoms with van der Waals surface area (Å²) in [6.45, 7) is -0.161. The minimum absolute atomic E-state index is 0.0596. The van der Waals surface area contributed by atoms with Crippen LogP contribution in [0, 0.1) is 11.6 Å². The van der Waals surface area contributed by atoms with Crippen molar-refractivity contribution in [1.29, 1.82) is 0 Å². The zero-order chi connectivity index (χ0) is 33.5. The van der Waals surface area contributed by atoms with Crippen LogP contribution in [0.1, 0.15) is 15.9 Å². The van der Waals surface area contributed by atoms with E-state index < -0.39 is 28.8 Å². The molecule has 0 aliphatic heterocycles. The Labute approximate surface area is 267 Å². The minimum atomic E-state index is -0.860. The Bertz CT molecular complexity index is 2560. The second-order valence-electron chi connectivity index (χ2n) is 10.7. The number of carbonyl (C=O) groups excluding carboxylic acids is 1. The fraction of sp³-hybridized carbons (Fsp3) is 0.0606. The zero-order valence-electron chi connectivity index (χ0n) is 24.9. The van der Waals surface area contributed by atoms with Crippen molar-refractivity contribution >= 4 is 45.2 Å². The molecule has 13 nitrogen and oxygen atoms in total. The number of halogens is 2. The smallest absolute Gasteiger partial charge is 0.324 e. The van der Waals surface area contributed by atoms with Crippen molar-refractivity contribution in [1.82, 2.24) is 33.9 Å². The molecule has 0 radical (unpaired) electrons. The van der Waals surface area contributed by atoms with E-state index in [1.165, 1.54) is 35.1 Å². The van der Waals surface area contributed by atoms with E-state index in [0.29, 0.717) is 33.8 Å². The molecule has 0 unspecified atom stereocenters. The molecule has 0 aliphatic carbocycles. The molecule has 0 bridgehead atoms. The Morgan fingerprint density at radius 3 is 2.46 bits per heavy atom. The molecule has 0 atom stereocenters. The molecule has 15 heteroatoms. The van der Waals surface area contributed by atoms with Gasteiger partial charge in [-0.05, 0) is 66.2 Å². The van der Waals surface area contributed by atoms with E-state index in [-0.39, 0.29) is 34.5 Å². The number of benzene rings is 3. The average molecular weight is 648 g/mol. The maximum Gasteiger partial charge on any atom is 0.329 e. The van der Waals surface area contributed by atoms with Crippen LogP contribution in [0.5, 0.6) is 0 Å². The first-order valence-electron chi connectivity index (χ1n) is 14.4. The second kappa shape index (κ2) is 11.9. The predicted molar refractivity (Wildman–Crippen MR) is 174 cm³/mol. The summed E-state index contributed by atoms with van der Waals surface area (Å²) in [4.78, 5) is 65.8. The van der Waals surface area contributed by atoms with Gasteiger partial charge in [0.05, 0.1) is 23.0 Å². The molecule has 0 spiro atoms. The molecule has 0 saturated carbocycles. The van der Waals surface area contributed by atoms with E-state index in [1.807, 2.05) is 0 Å². The summed E-state index contributed by atoms with van der Waals surface area (Å²) in [5, 5.41) is 5.74. The van der Waals surface area contributed by atoms with Crippen molar-refractivity contribution < 1.29 is 13.6 Å². The van der Waals surface area contributed by atoms with E-state index in [2.05, 4.69) is 30.6 Å². The Hall–Kier alpha value is -6.77. The van der Waals surface area contributed by atoms with Gasteiger partial charge in [0.15, 0.2) is 11.5 Å². The van der Waals surface area contributed by atoms with Crippen molar-refractivity contribution in [2.24, 2.45) is 7.05 Å². The van der Waals surface area contributed by atoms with Crippen molar-refractivity contribution in [2.45, 2.75) is 6.54 Å². The maximum atomic E-state index is 14.8. The monoisotopic (exact) mass is 647 g/mol. The lowest BCUT2D eigenvalue weighted by atomic mass is 10.1. The Morgan fingerprint density at radius 2 is 1.69 bits per heavy atom. The Balaban J connectivity index is 1.10. The van der Waals surface area contributed by atoms with Gasteiger partial charge in [0.1, 0.15) is 17.0 Å². The summed E-state index contributed by atoms with van der Waals surface area (Å²) in [6.07, 6.45) is 3.04. The fourth-order valence-electron chi connectivity index (χ4n) is 5.34. The number of aromatic nitrogens is 7. The number of aromatic amines is 1. The molecule has 0 fully saturated rings. The first-order chi connectivity index (χ1) is 23.2. The molecule has 7 rings (SSSR count). The van der Waals surface area contributed by atoms with Gasteiger partial charge in [0.2, 0.25) is 5.95 Å². The van der Waals surface area contributed by atoms with Crippen LogP contribution in [0.3, 0.4) is 0 Å². The lowest BCUT2D eigenvalue weighted by Crippen LogP contribution is -2.31. The fourth-order valence-corrected chi connectivity index (χ4v) is 5.34. The number of amides is 1. The van der Waals surface area contributed by atoms with Crippen molar-refractivity contribution in [3.63, 3.8) is 0 Å². The maximum absolute atomic E-state index is 14.8. The second-order valence-corrected chi connectivity index (χ2v) is 10.7. The number of pyridine rings is 1. The van der Waals surface area contributed by atoms with E-state index in [1.54, 1.807) is 60.4 Å². The van der Waals surface area contributed by atoms with Gasteiger partial charge < -0.3 is 10.6 Å². The third-order valence-corrected chi connectivity index (χ3v) is 7.65. The molecule has 0 aliphatic rings. The number of rotatable bonds is 7. The van der Waals surface area contributed by atoms with Crippen LogP contribution in [-0.4, -0.2) is 39.8 Å². The van der Waals surface area contributed by atoms with Crippen LogP contribution in [0.25, 0.3) is 27.8 Å². The minimum Gasteiger partial charge on any atom is -0.324 e. The largest absolute Gasteiger partial charge is 0.329 e. The first-order valence-corrected chi connectivity index (χ1v) is 14.4. The van der Waals surface area contributed by atoms with Gasteiger partial charge in [-0.25, -0.2) is 32.9 Å². The third kappa shape index (κ3) is 5.38. The lowest BCUT2D eigenvalue weighted by Gasteiger charge is -2.12. The molecule has 0 saturated heterocycles. The molecule has 238 valence electrons. The third-order valence-electron chi connectivity index (χ3n) is 7.65. The number of carbonyl (C=O) groups is 1. The predicted octanol–water partition coefficient (Wildman–Crippen LogP) is 3.84.